The van der Waals surface area contributed by atoms with Crippen molar-refractivity contribution in [2.24, 2.45) is 5.92 Å². The van der Waals surface area contributed by atoms with Gasteiger partial charge in [0, 0.05) is 39.9 Å². The van der Waals surface area contributed by atoms with Crippen molar-refractivity contribution in [3.05, 3.63) is 12.4 Å². The van der Waals surface area contributed by atoms with Crippen LogP contribution in [0.1, 0.15) is 12.8 Å². The number of nitriles is 1. The summed E-state index contributed by atoms with van der Waals surface area (Å²) in [5.74, 6) is 2.11. The monoisotopic (exact) mass is 261 g/mol. The third kappa shape index (κ3) is 3.55. The summed E-state index contributed by atoms with van der Waals surface area (Å²) in [4.78, 5) is 11.9. The Hall–Kier alpha value is -1.87. The highest BCUT2D eigenvalue weighted by molar-refractivity contribution is 5.51. The van der Waals surface area contributed by atoms with Gasteiger partial charge in [0.2, 0.25) is 0 Å². The summed E-state index contributed by atoms with van der Waals surface area (Å²) < 4.78 is 5.37. The van der Waals surface area contributed by atoms with Crippen LogP contribution in [0.5, 0.6) is 0 Å². The smallest absolute Gasteiger partial charge is 0.185 e. The number of anilines is 2. The van der Waals surface area contributed by atoms with Crippen LogP contribution in [0.15, 0.2) is 12.4 Å². The third-order valence-electron chi connectivity index (χ3n) is 3.40. The van der Waals surface area contributed by atoms with E-state index >= 15 is 0 Å². The van der Waals surface area contributed by atoms with E-state index in [1.54, 1.807) is 7.05 Å². The second-order valence-electron chi connectivity index (χ2n) is 4.83. The predicted molar refractivity (Wildman–Crippen MR) is 72.9 cm³/mol. The van der Waals surface area contributed by atoms with E-state index in [-0.39, 0.29) is 0 Å². The van der Waals surface area contributed by atoms with Gasteiger partial charge in [0.15, 0.2) is 6.19 Å². The fourth-order valence-electron chi connectivity index (χ4n) is 2.19. The minimum atomic E-state index is 0.617. The topological polar surface area (TPSA) is 65.3 Å². The molecule has 1 fully saturated rings. The molecule has 0 amide bonds. The molecule has 1 aromatic rings. The van der Waals surface area contributed by atoms with Crippen LogP contribution in [-0.4, -0.2) is 43.8 Å². The first-order valence-corrected chi connectivity index (χ1v) is 6.45. The summed E-state index contributed by atoms with van der Waals surface area (Å²) in [5.41, 5.74) is 0. The Morgan fingerprint density at radius 1 is 1.32 bits per heavy atom. The number of nitrogens with zero attached hydrogens (tertiary/aromatic N) is 5. The Bertz CT molecular complexity index is 453. The summed E-state index contributed by atoms with van der Waals surface area (Å²) in [6.07, 6.45) is 5.73. The largest absolute Gasteiger partial charge is 0.381 e. The summed E-state index contributed by atoms with van der Waals surface area (Å²) in [5, 5.41) is 8.87. The van der Waals surface area contributed by atoms with Crippen LogP contribution in [0.2, 0.25) is 0 Å². The van der Waals surface area contributed by atoms with Crippen LogP contribution in [0.3, 0.4) is 0 Å². The van der Waals surface area contributed by atoms with Crippen LogP contribution in [0, 0.1) is 17.4 Å². The first-order chi connectivity index (χ1) is 9.20. The summed E-state index contributed by atoms with van der Waals surface area (Å²) in [6, 6.07) is 1.84. The average Bonchev–Trinajstić information content (AvgIpc) is 2.47. The van der Waals surface area contributed by atoms with Crippen LogP contribution in [-0.2, 0) is 4.74 Å². The average molecular weight is 261 g/mol. The molecule has 0 unspecified atom stereocenters. The Kier molecular flexibility index (Phi) is 4.53. The number of rotatable bonds is 4. The van der Waals surface area contributed by atoms with Crippen LogP contribution >= 0.6 is 0 Å². The lowest BCUT2D eigenvalue weighted by atomic mass is 10.00. The molecule has 1 aromatic heterocycles. The fourth-order valence-corrected chi connectivity index (χ4v) is 2.19. The molecular formula is C13H19N5O. The van der Waals surface area contributed by atoms with E-state index in [9.17, 15) is 0 Å². The van der Waals surface area contributed by atoms with E-state index in [0.29, 0.717) is 11.7 Å². The Balaban J connectivity index is 2.02. The number of aromatic nitrogens is 2. The zero-order chi connectivity index (χ0) is 13.7. The maximum absolute atomic E-state index is 8.87. The molecule has 0 atom stereocenters. The molecule has 0 aliphatic carbocycles. The summed E-state index contributed by atoms with van der Waals surface area (Å²) in [6.45, 7) is 2.66. The number of hydrogen-bond acceptors (Lipinski definition) is 6. The van der Waals surface area contributed by atoms with Gasteiger partial charge >= 0.3 is 0 Å². The third-order valence-corrected chi connectivity index (χ3v) is 3.40. The second-order valence-corrected chi connectivity index (χ2v) is 4.83. The highest BCUT2D eigenvalue weighted by Gasteiger charge is 2.17. The van der Waals surface area contributed by atoms with E-state index < -0.39 is 0 Å². The van der Waals surface area contributed by atoms with Gasteiger partial charge in [-0.05, 0) is 18.8 Å². The SMILES string of the molecule is CN(C#N)c1cc(N(C)CC2CCOCC2)ncn1. The zero-order valence-corrected chi connectivity index (χ0v) is 11.4. The van der Waals surface area contributed by atoms with E-state index in [2.05, 4.69) is 14.9 Å². The number of ether oxygens (including phenoxy) is 1. The normalized spacial score (nSPS) is 15.8. The molecule has 2 rings (SSSR count). The van der Waals surface area contributed by atoms with Crippen molar-refractivity contribution in [3.8, 4) is 6.19 Å². The molecule has 0 aromatic carbocycles. The van der Waals surface area contributed by atoms with Gasteiger partial charge in [0.25, 0.3) is 0 Å². The maximum atomic E-state index is 8.87. The van der Waals surface area contributed by atoms with Crippen molar-refractivity contribution >= 4 is 11.6 Å². The molecule has 0 bridgehead atoms. The van der Waals surface area contributed by atoms with Gasteiger partial charge in [-0.25, -0.2) is 9.97 Å². The van der Waals surface area contributed by atoms with Crippen molar-refractivity contribution in [1.29, 1.82) is 5.26 Å². The lowest BCUT2D eigenvalue weighted by molar-refractivity contribution is 0.0685. The zero-order valence-electron chi connectivity index (χ0n) is 11.4. The standard InChI is InChI=1S/C13H19N5O/c1-17(8-11-3-5-19-6-4-11)12-7-13(16-10-15-12)18(2)9-14/h7,10-11H,3-6,8H2,1-2H3. The lowest BCUT2D eigenvalue weighted by Crippen LogP contribution is -2.30. The van der Waals surface area contributed by atoms with E-state index in [4.69, 9.17) is 10.00 Å². The van der Waals surface area contributed by atoms with Gasteiger partial charge in [-0.3, -0.25) is 4.90 Å². The van der Waals surface area contributed by atoms with Crippen molar-refractivity contribution in [2.45, 2.75) is 12.8 Å². The molecular weight excluding hydrogens is 242 g/mol. The Labute approximate surface area is 113 Å². The minimum absolute atomic E-state index is 0.617. The van der Waals surface area contributed by atoms with E-state index in [1.165, 1.54) is 11.2 Å². The molecule has 2 heterocycles. The quantitative estimate of drug-likeness (QED) is 0.600. The molecule has 19 heavy (non-hydrogen) atoms. The first-order valence-electron chi connectivity index (χ1n) is 6.45. The highest BCUT2D eigenvalue weighted by atomic mass is 16.5. The van der Waals surface area contributed by atoms with Gasteiger partial charge in [-0.15, -0.1) is 0 Å². The van der Waals surface area contributed by atoms with Crippen molar-refractivity contribution in [1.82, 2.24) is 9.97 Å². The van der Waals surface area contributed by atoms with Gasteiger partial charge in [0.05, 0.1) is 0 Å². The Morgan fingerprint density at radius 2 is 2.00 bits per heavy atom. The molecule has 0 saturated carbocycles. The minimum Gasteiger partial charge on any atom is -0.381 e. The highest BCUT2D eigenvalue weighted by Crippen LogP contribution is 2.20. The second kappa shape index (κ2) is 6.34. The molecule has 0 N–H and O–H groups in total. The Morgan fingerprint density at radius 3 is 2.68 bits per heavy atom. The molecule has 1 aliphatic heterocycles. The fraction of sp³-hybridized carbons (Fsp3) is 0.615. The molecule has 6 heteroatoms. The maximum Gasteiger partial charge on any atom is 0.185 e. The molecule has 0 radical (unpaired) electrons. The predicted octanol–water partition coefficient (Wildman–Crippen LogP) is 1.26. The van der Waals surface area contributed by atoms with Crippen molar-refractivity contribution in [2.75, 3.05) is 43.7 Å². The van der Waals surface area contributed by atoms with Gasteiger partial charge < -0.3 is 9.64 Å². The van der Waals surface area contributed by atoms with Crippen molar-refractivity contribution < 1.29 is 4.74 Å². The first kappa shape index (κ1) is 13.6. The molecule has 102 valence electrons. The number of hydrogen-bond donors (Lipinski definition) is 0. The summed E-state index contributed by atoms with van der Waals surface area (Å²) in [7, 11) is 3.71. The lowest BCUT2D eigenvalue weighted by Gasteiger charge is -2.27. The van der Waals surface area contributed by atoms with Gasteiger partial charge in [-0.1, -0.05) is 0 Å². The van der Waals surface area contributed by atoms with Gasteiger partial charge in [-0.2, -0.15) is 5.26 Å². The molecule has 1 saturated heterocycles. The molecule has 6 nitrogen and oxygen atoms in total. The molecule has 1 aliphatic rings. The van der Waals surface area contributed by atoms with E-state index in [1.807, 2.05) is 19.3 Å². The van der Waals surface area contributed by atoms with E-state index in [0.717, 1.165) is 38.4 Å². The summed E-state index contributed by atoms with van der Waals surface area (Å²) >= 11 is 0. The van der Waals surface area contributed by atoms with Crippen LogP contribution in [0.4, 0.5) is 11.6 Å². The van der Waals surface area contributed by atoms with Gasteiger partial charge in [0.1, 0.15) is 18.0 Å². The van der Waals surface area contributed by atoms with Crippen LogP contribution < -0.4 is 9.80 Å². The molecule has 0 spiro atoms. The van der Waals surface area contributed by atoms with Crippen LogP contribution in [0.25, 0.3) is 0 Å². The van der Waals surface area contributed by atoms with Crippen molar-refractivity contribution in [3.63, 3.8) is 0 Å².